The summed E-state index contributed by atoms with van der Waals surface area (Å²) in [6.45, 7) is 0. The van der Waals surface area contributed by atoms with Gasteiger partial charge in [0, 0.05) is 11.6 Å². The molecule has 0 aliphatic rings. The molecular weight excluding hydrogens is 283 g/mol. The Kier molecular flexibility index (Phi) is 4.90. The zero-order valence-corrected chi connectivity index (χ0v) is 12.4. The summed E-state index contributed by atoms with van der Waals surface area (Å²) in [4.78, 5) is 21.0. The number of carboxylic acid groups (broad SMARTS) is 1. The van der Waals surface area contributed by atoms with E-state index < -0.39 is 16.8 Å². The molecule has 1 heterocycles. The van der Waals surface area contributed by atoms with Crippen molar-refractivity contribution in [2.45, 2.75) is 5.92 Å². The van der Waals surface area contributed by atoms with Crippen LogP contribution in [0.25, 0.3) is 11.0 Å². The fraction of sp³-hybridized carbons (Fsp3) is 0.111. The minimum Gasteiger partial charge on any atom is -1.00 e. The summed E-state index contributed by atoms with van der Waals surface area (Å²) in [6.07, 6.45) is 0. The third-order valence-corrected chi connectivity index (χ3v) is 2.84. The molecule has 1 aromatic carbocycles. The van der Waals surface area contributed by atoms with Crippen molar-refractivity contribution < 1.29 is 45.8 Å². The van der Waals surface area contributed by atoms with Gasteiger partial charge in [-0.15, -0.1) is 0 Å². The summed E-state index contributed by atoms with van der Waals surface area (Å²) < 4.78 is 7.59. The van der Waals surface area contributed by atoms with Crippen LogP contribution in [0.2, 0.25) is 0 Å². The number of aromatic nitrogens is 2. The van der Waals surface area contributed by atoms with Gasteiger partial charge >= 0.3 is 35.5 Å². The number of carbonyl (C=O) groups is 1. The molecule has 0 spiro atoms. The Balaban J connectivity index is 0.00000180. The number of fused-ring (bicyclic) bond motifs is 1. The summed E-state index contributed by atoms with van der Waals surface area (Å²) in [5.41, 5.74) is -0.0592. The second-order valence-corrected chi connectivity index (χ2v) is 3.82. The normalized spacial score (nSPS) is 11.3. The van der Waals surface area contributed by atoms with Gasteiger partial charge in [0.2, 0.25) is 0 Å². The number of nitro benzene ring substituents is 1. The maximum absolute atomic E-state index is 10.9. The van der Waals surface area contributed by atoms with Crippen LogP contribution in [0.3, 0.4) is 0 Å². The molecule has 0 bridgehead atoms. The molecular formula is C9H5N4NaO4S. The largest absolute Gasteiger partial charge is 1.00 e. The fourth-order valence-electron chi connectivity index (χ4n) is 1.51. The van der Waals surface area contributed by atoms with Crippen molar-refractivity contribution in [2.24, 2.45) is 0 Å². The summed E-state index contributed by atoms with van der Waals surface area (Å²) >= 11 is 0.731. The van der Waals surface area contributed by atoms with Crippen LogP contribution in [0.5, 0.6) is 0 Å². The van der Waals surface area contributed by atoms with Gasteiger partial charge in [-0.25, -0.2) is 0 Å². The number of rotatable bonds is 3. The number of nitriles is 1. The maximum Gasteiger partial charge on any atom is 1.00 e. The van der Waals surface area contributed by atoms with Crippen molar-refractivity contribution in [3.63, 3.8) is 0 Å². The molecule has 10 heteroatoms. The predicted molar refractivity (Wildman–Crippen MR) is 61.2 cm³/mol. The molecule has 2 rings (SSSR count). The van der Waals surface area contributed by atoms with Gasteiger partial charge < -0.3 is 6.53 Å². The molecule has 19 heavy (non-hydrogen) atoms. The Morgan fingerprint density at radius 3 is 2.68 bits per heavy atom. The standard InChI is InChI=1S/C9H4N4O4S.Na.H/c10-3-5(9(14)15)4-1-2-6(13(16)17)8-7(4)11-18-12-8;;/h1-2,5H,(H,14,15);;/q;+1;-1. The second-order valence-electron chi connectivity index (χ2n) is 3.29. The first-order valence-corrected chi connectivity index (χ1v) is 5.31. The molecule has 0 amide bonds. The quantitative estimate of drug-likeness (QED) is 0.409. The van der Waals surface area contributed by atoms with Gasteiger partial charge in [-0.05, 0) is 6.07 Å². The van der Waals surface area contributed by atoms with Crippen molar-refractivity contribution in [1.82, 2.24) is 8.75 Å². The van der Waals surface area contributed by atoms with Crippen molar-refractivity contribution in [3.05, 3.63) is 27.8 Å². The monoisotopic (exact) mass is 288 g/mol. The van der Waals surface area contributed by atoms with Crippen LogP contribution in [-0.4, -0.2) is 24.7 Å². The third kappa shape index (κ3) is 2.71. The van der Waals surface area contributed by atoms with Crippen LogP contribution >= 0.6 is 11.7 Å². The molecule has 8 nitrogen and oxygen atoms in total. The molecule has 0 saturated carbocycles. The maximum atomic E-state index is 10.9. The van der Waals surface area contributed by atoms with Gasteiger partial charge in [0.15, 0.2) is 11.4 Å². The second kappa shape index (κ2) is 6.03. The predicted octanol–water partition coefficient (Wildman–Crippen LogP) is -1.59. The van der Waals surface area contributed by atoms with E-state index in [0.717, 1.165) is 17.8 Å². The molecule has 1 unspecified atom stereocenters. The Hall–Kier alpha value is -1.60. The Morgan fingerprint density at radius 1 is 1.53 bits per heavy atom. The van der Waals surface area contributed by atoms with E-state index in [4.69, 9.17) is 10.4 Å². The van der Waals surface area contributed by atoms with Gasteiger partial charge in [-0.1, -0.05) is 0 Å². The number of hydrogen-bond donors (Lipinski definition) is 1. The van der Waals surface area contributed by atoms with Crippen molar-refractivity contribution in [1.29, 1.82) is 5.26 Å². The van der Waals surface area contributed by atoms with Crippen LogP contribution in [0, 0.1) is 21.4 Å². The minimum atomic E-state index is -1.42. The molecule has 2 aromatic rings. The van der Waals surface area contributed by atoms with E-state index in [-0.39, 0.29) is 53.3 Å². The van der Waals surface area contributed by atoms with Gasteiger partial charge in [0.05, 0.1) is 22.7 Å². The number of non-ortho nitro benzene ring substituents is 1. The molecule has 0 radical (unpaired) electrons. The Bertz CT molecular complexity index is 701. The van der Waals surface area contributed by atoms with Gasteiger partial charge in [-0.3, -0.25) is 14.9 Å². The van der Waals surface area contributed by atoms with Crippen LogP contribution in [0.4, 0.5) is 5.69 Å². The summed E-state index contributed by atoms with van der Waals surface area (Å²) in [5, 5.41) is 28.5. The first kappa shape index (κ1) is 15.5. The molecule has 92 valence electrons. The third-order valence-electron chi connectivity index (χ3n) is 2.31. The van der Waals surface area contributed by atoms with Gasteiger partial charge in [0.25, 0.3) is 5.69 Å². The Labute approximate surface area is 133 Å². The van der Waals surface area contributed by atoms with Crippen LogP contribution < -0.4 is 29.6 Å². The van der Waals surface area contributed by atoms with E-state index >= 15 is 0 Å². The summed E-state index contributed by atoms with van der Waals surface area (Å²) in [7, 11) is 0. The van der Waals surface area contributed by atoms with E-state index in [1.54, 1.807) is 6.07 Å². The average molecular weight is 288 g/mol. The number of aliphatic carboxylic acids is 1. The number of carboxylic acids is 1. The first-order valence-electron chi connectivity index (χ1n) is 4.58. The van der Waals surface area contributed by atoms with Crippen molar-refractivity contribution in [2.75, 3.05) is 0 Å². The van der Waals surface area contributed by atoms with Crippen LogP contribution in [0.15, 0.2) is 12.1 Å². The van der Waals surface area contributed by atoms with Crippen LogP contribution in [-0.2, 0) is 4.79 Å². The molecule has 1 atom stereocenters. The summed E-state index contributed by atoms with van der Waals surface area (Å²) in [6, 6.07) is 3.97. The number of nitrogens with zero attached hydrogens (tertiary/aromatic N) is 4. The topological polar surface area (TPSA) is 130 Å². The Morgan fingerprint density at radius 2 is 2.16 bits per heavy atom. The first-order chi connectivity index (χ1) is 8.56. The smallest absolute Gasteiger partial charge is 1.00 e. The van der Waals surface area contributed by atoms with Gasteiger partial charge in [0.1, 0.15) is 5.52 Å². The average Bonchev–Trinajstić information content (AvgIpc) is 2.78. The van der Waals surface area contributed by atoms with Crippen molar-refractivity contribution in [3.8, 4) is 6.07 Å². The number of hydrogen-bond acceptors (Lipinski definition) is 7. The van der Waals surface area contributed by atoms with E-state index in [0.29, 0.717) is 0 Å². The molecule has 0 aliphatic heterocycles. The zero-order chi connectivity index (χ0) is 13.3. The minimum absolute atomic E-state index is 0. The van der Waals surface area contributed by atoms with Crippen LogP contribution in [0.1, 0.15) is 12.9 Å². The van der Waals surface area contributed by atoms with E-state index in [2.05, 4.69) is 8.75 Å². The molecule has 0 aliphatic carbocycles. The SMILES string of the molecule is N#CC(C(=O)O)c1ccc([N+](=O)[O-])c2nsnc12.[H-].[Na+]. The van der Waals surface area contributed by atoms with E-state index in [9.17, 15) is 14.9 Å². The van der Waals surface area contributed by atoms with E-state index in [1.165, 1.54) is 6.07 Å². The molecule has 1 N–H and O–H groups in total. The summed E-state index contributed by atoms with van der Waals surface area (Å²) in [5.74, 6) is -2.75. The van der Waals surface area contributed by atoms with Gasteiger partial charge in [-0.2, -0.15) is 14.0 Å². The number of benzene rings is 1. The number of nitro groups is 1. The molecule has 0 saturated heterocycles. The zero-order valence-electron chi connectivity index (χ0n) is 10.6. The molecule has 0 fully saturated rings. The van der Waals surface area contributed by atoms with Crippen molar-refractivity contribution >= 4 is 34.4 Å². The molecule has 1 aromatic heterocycles. The van der Waals surface area contributed by atoms with E-state index in [1.807, 2.05) is 0 Å². The fourth-order valence-corrected chi connectivity index (χ4v) is 2.09.